The summed E-state index contributed by atoms with van der Waals surface area (Å²) in [5, 5.41) is 0.0376. The fraction of sp³-hybridized carbons (Fsp3) is 0.950. The van der Waals surface area contributed by atoms with Crippen molar-refractivity contribution in [2.75, 3.05) is 13.2 Å². The van der Waals surface area contributed by atoms with Crippen LogP contribution in [-0.4, -0.2) is 36.1 Å². The number of hydrogen-bond acceptors (Lipinski definition) is 4. The van der Waals surface area contributed by atoms with E-state index in [-0.39, 0.29) is 16.4 Å². The quantitative estimate of drug-likeness (QED) is 0.530. The third kappa shape index (κ3) is 3.84. The second kappa shape index (κ2) is 7.34. The van der Waals surface area contributed by atoms with Crippen molar-refractivity contribution in [3.63, 3.8) is 0 Å². The van der Waals surface area contributed by atoms with Crippen LogP contribution >= 0.6 is 0 Å². The zero-order valence-electron chi connectivity index (χ0n) is 18.4. The number of fused-ring (bicyclic) bond motifs is 2. The zero-order valence-corrected chi connectivity index (χ0v) is 20.4. The van der Waals surface area contributed by atoms with Crippen LogP contribution in [0.3, 0.4) is 0 Å². The van der Waals surface area contributed by atoms with Crippen LogP contribution in [0.25, 0.3) is 0 Å². The molecule has 0 aliphatic heterocycles. The largest absolute Gasteiger partial charge is 0.519 e. The summed E-state index contributed by atoms with van der Waals surface area (Å²) in [7, 11) is -4.41. The summed E-state index contributed by atoms with van der Waals surface area (Å²) in [6.45, 7) is 20.7. The lowest BCUT2D eigenvalue weighted by Crippen LogP contribution is -2.52. The zero-order chi connectivity index (χ0) is 20.0. The van der Waals surface area contributed by atoms with E-state index in [0.717, 1.165) is 19.3 Å². The van der Waals surface area contributed by atoms with Crippen molar-refractivity contribution in [1.82, 2.24) is 0 Å². The SMILES string of the molecule is CCO[Si](C)(OCC)C1CC2CC1C(C)(C(=O)O[Si](C)(C)C(C)(C)C)C2. The molecule has 0 amide bonds. The lowest BCUT2D eigenvalue weighted by molar-refractivity contribution is -0.149. The Hall–Kier alpha value is -0.176. The van der Waals surface area contributed by atoms with Crippen LogP contribution in [0.2, 0.25) is 30.2 Å². The van der Waals surface area contributed by atoms with Gasteiger partial charge in [-0.05, 0) is 76.5 Å². The molecule has 0 radical (unpaired) electrons. The first-order chi connectivity index (χ1) is 11.8. The van der Waals surface area contributed by atoms with Crippen molar-refractivity contribution < 1.29 is 18.1 Å². The van der Waals surface area contributed by atoms with E-state index in [0.29, 0.717) is 30.6 Å². The van der Waals surface area contributed by atoms with E-state index < -0.39 is 16.9 Å². The molecule has 0 heterocycles. The fourth-order valence-corrected chi connectivity index (χ4v) is 9.57. The molecule has 0 aromatic heterocycles. The van der Waals surface area contributed by atoms with E-state index in [9.17, 15) is 4.79 Å². The summed E-state index contributed by atoms with van der Waals surface area (Å²) in [5.74, 6) is 0.972. The van der Waals surface area contributed by atoms with Crippen LogP contribution in [0.1, 0.15) is 60.8 Å². The Morgan fingerprint density at radius 3 is 2.04 bits per heavy atom. The van der Waals surface area contributed by atoms with Gasteiger partial charge in [0.1, 0.15) is 0 Å². The summed E-state index contributed by atoms with van der Waals surface area (Å²) in [4.78, 5) is 13.4. The molecule has 0 aromatic carbocycles. The van der Waals surface area contributed by atoms with Crippen molar-refractivity contribution in [3.05, 3.63) is 0 Å². The van der Waals surface area contributed by atoms with Gasteiger partial charge in [-0.2, -0.15) is 0 Å². The molecule has 0 saturated heterocycles. The second-order valence-corrected chi connectivity index (χ2v) is 18.3. The van der Waals surface area contributed by atoms with Crippen LogP contribution < -0.4 is 0 Å². The van der Waals surface area contributed by atoms with E-state index in [2.05, 4.69) is 47.3 Å². The Morgan fingerprint density at radius 2 is 1.62 bits per heavy atom. The van der Waals surface area contributed by atoms with Crippen LogP contribution in [-0.2, 0) is 18.1 Å². The Labute approximate surface area is 162 Å². The van der Waals surface area contributed by atoms with Crippen LogP contribution in [0, 0.1) is 17.3 Å². The highest BCUT2D eigenvalue weighted by molar-refractivity contribution is 6.75. The number of carbonyl (C=O) groups is 1. The number of carbonyl (C=O) groups excluding carboxylic acids is 1. The molecule has 2 saturated carbocycles. The molecular formula is C20H40O4Si2. The van der Waals surface area contributed by atoms with E-state index in [1.54, 1.807) is 0 Å². The summed E-state index contributed by atoms with van der Waals surface area (Å²) in [6, 6.07) is 0. The maximum absolute atomic E-state index is 13.4. The highest BCUT2D eigenvalue weighted by Gasteiger charge is 2.64. The van der Waals surface area contributed by atoms with Gasteiger partial charge in [0, 0.05) is 18.8 Å². The van der Waals surface area contributed by atoms with Gasteiger partial charge in [0.25, 0.3) is 14.3 Å². The van der Waals surface area contributed by atoms with Gasteiger partial charge in [-0.25, -0.2) is 0 Å². The molecule has 4 nitrogen and oxygen atoms in total. The average molecular weight is 401 g/mol. The van der Waals surface area contributed by atoms with Gasteiger partial charge in [0.05, 0.1) is 5.41 Å². The van der Waals surface area contributed by atoms with Crippen molar-refractivity contribution in [2.45, 2.75) is 91.0 Å². The van der Waals surface area contributed by atoms with Crippen LogP contribution in [0.4, 0.5) is 0 Å². The van der Waals surface area contributed by atoms with Gasteiger partial charge in [-0.1, -0.05) is 20.8 Å². The molecule has 2 aliphatic rings. The highest BCUT2D eigenvalue weighted by atomic mass is 28.4. The molecule has 0 N–H and O–H groups in total. The average Bonchev–Trinajstić information content (AvgIpc) is 3.04. The molecule has 4 unspecified atom stereocenters. The summed E-state index contributed by atoms with van der Waals surface area (Å²) < 4.78 is 18.7. The topological polar surface area (TPSA) is 44.8 Å². The summed E-state index contributed by atoms with van der Waals surface area (Å²) in [6.07, 6.45) is 3.23. The highest BCUT2D eigenvalue weighted by Crippen LogP contribution is 2.64. The molecule has 2 aliphatic carbocycles. The van der Waals surface area contributed by atoms with E-state index >= 15 is 0 Å². The van der Waals surface area contributed by atoms with Gasteiger partial charge in [0.2, 0.25) is 0 Å². The monoisotopic (exact) mass is 400 g/mol. The molecule has 6 heteroatoms. The molecule has 2 fully saturated rings. The molecule has 2 rings (SSSR count). The predicted octanol–water partition coefficient (Wildman–Crippen LogP) is 5.49. The third-order valence-electron chi connectivity index (χ3n) is 7.35. The van der Waals surface area contributed by atoms with Crippen LogP contribution in [0.15, 0.2) is 0 Å². The minimum absolute atomic E-state index is 0.0330. The maximum Gasteiger partial charge on any atom is 0.338 e. The molecular weight excluding hydrogens is 360 g/mol. The Bertz CT molecular complexity index is 522. The standard InChI is InChI=1S/C20H40O4Si2/c1-10-22-26(9,23-11-2)17-13-15-12-16(17)20(6,14-15)18(21)24-25(7,8)19(3,4)5/h15-17H,10-14H2,1-9H3. The summed E-state index contributed by atoms with van der Waals surface area (Å²) in [5.41, 5.74) is 0.00378. The first-order valence-electron chi connectivity index (χ1n) is 10.3. The summed E-state index contributed by atoms with van der Waals surface area (Å²) >= 11 is 0. The van der Waals surface area contributed by atoms with Gasteiger partial charge >= 0.3 is 8.56 Å². The Morgan fingerprint density at radius 1 is 1.08 bits per heavy atom. The van der Waals surface area contributed by atoms with E-state index in [4.69, 9.17) is 13.3 Å². The molecule has 4 atom stereocenters. The molecule has 0 aromatic rings. The predicted molar refractivity (Wildman–Crippen MR) is 111 cm³/mol. The Kier molecular flexibility index (Phi) is 6.24. The molecule has 152 valence electrons. The van der Waals surface area contributed by atoms with Crippen molar-refractivity contribution in [3.8, 4) is 0 Å². The van der Waals surface area contributed by atoms with Gasteiger partial charge in [-0.15, -0.1) is 0 Å². The fourth-order valence-electron chi connectivity index (χ4n) is 4.91. The number of rotatable bonds is 7. The molecule has 0 spiro atoms. The van der Waals surface area contributed by atoms with E-state index in [1.807, 2.05) is 13.8 Å². The minimum atomic E-state index is -2.30. The maximum atomic E-state index is 13.4. The number of hydrogen-bond donors (Lipinski definition) is 0. The minimum Gasteiger partial charge on any atom is -0.519 e. The normalized spacial score (nSPS) is 32.1. The van der Waals surface area contributed by atoms with Gasteiger partial charge in [-0.3, -0.25) is 4.79 Å². The lowest BCUT2D eigenvalue weighted by atomic mass is 9.74. The molecule has 26 heavy (non-hydrogen) atoms. The lowest BCUT2D eigenvalue weighted by Gasteiger charge is -2.45. The van der Waals surface area contributed by atoms with Crippen molar-refractivity contribution in [1.29, 1.82) is 0 Å². The van der Waals surface area contributed by atoms with E-state index in [1.165, 1.54) is 0 Å². The van der Waals surface area contributed by atoms with Crippen LogP contribution in [0.5, 0.6) is 0 Å². The van der Waals surface area contributed by atoms with Gasteiger partial charge < -0.3 is 13.3 Å². The first-order valence-corrected chi connectivity index (χ1v) is 15.6. The van der Waals surface area contributed by atoms with Crippen molar-refractivity contribution >= 4 is 22.8 Å². The third-order valence-corrected chi connectivity index (χ3v) is 15.4. The second-order valence-electron chi connectivity index (χ2n) is 10.2. The van der Waals surface area contributed by atoms with Crippen molar-refractivity contribution in [2.24, 2.45) is 17.3 Å². The smallest absolute Gasteiger partial charge is 0.338 e. The molecule has 2 bridgehead atoms. The first kappa shape index (κ1) is 22.1. The Balaban J connectivity index is 2.24. The van der Waals surface area contributed by atoms with Gasteiger partial charge in [0.15, 0.2) is 0 Å².